The lowest BCUT2D eigenvalue weighted by Gasteiger charge is -2.23. The minimum Gasteiger partial charge on any atom is -0.493 e. The van der Waals surface area contributed by atoms with E-state index in [2.05, 4.69) is 33.5 Å². The zero-order chi connectivity index (χ0) is 26.6. The molecule has 0 heterocycles. The van der Waals surface area contributed by atoms with Crippen molar-refractivity contribution in [2.75, 3.05) is 23.4 Å². The van der Waals surface area contributed by atoms with Gasteiger partial charge in [0.15, 0.2) is 5.11 Å². The van der Waals surface area contributed by atoms with Gasteiger partial charge in [-0.25, -0.2) is 0 Å². The minimum atomic E-state index is -0.398. The summed E-state index contributed by atoms with van der Waals surface area (Å²) in [7, 11) is 0. The summed E-state index contributed by atoms with van der Waals surface area (Å²) in [5.41, 5.74) is 2.13. The van der Waals surface area contributed by atoms with Crippen LogP contribution in [-0.2, 0) is 0 Å². The van der Waals surface area contributed by atoms with Gasteiger partial charge in [-0.2, -0.15) is 0 Å². The molecule has 0 atom stereocenters. The number of rotatable bonds is 11. The summed E-state index contributed by atoms with van der Waals surface area (Å²) >= 11 is 8.86. The van der Waals surface area contributed by atoms with Crippen molar-refractivity contribution in [3.63, 3.8) is 0 Å². The number of hydrogen-bond acceptors (Lipinski definition) is 4. The molecule has 0 spiro atoms. The molecule has 3 aromatic rings. The highest BCUT2D eigenvalue weighted by molar-refractivity contribution is 9.10. The number of benzene rings is 3. The number of thiocarbonyl (C=S) groups is 1. The van der Waals surface area contributed by atoms with Crippen molar-refractivity contribution in [2.45, 2.75) is 39.5 Å². The van der Waals surface area contributed by atoms with Crippen molar-refractivity contribution in [2.24, 2.45) is 0 Å². The van der Waals surface area contributed by atoms with Crippen molar-refractivity contribution in [1.82, 2.24) is 5.32 Å². The summed E-state index contributed by atoms with van der Waals surface area (Å²) in [6.45, 7) is 5.12. The van der Waals surface area contributed by atoms with Crippen LogP contribution in [0.1, 0.15) is 60.2 Å². The van der Waals surface area contributed by atoms with E-state index >= 15 is 0 Å². The van der Waals surface area contributed by atoms with Gasteiger partial charge in [-0.15, -0.1) is 0 Å². The zero-order valence-electron chi connectivity index (χ0n) is 21.1. The average molecular weight is 583 g/mol. The molecular weight excluding hydrogens is 550 g/mol. The van der Waals surface area contributed by atoms with E-state index in [0.717, 1.165) is 35.8 Å². The first-order chi connectivity index (χ1) is 17.9. The van der Waals surface area contributed by atoms with Gasteiger partial charge >= 0.3 is 0 Å². The summed E-state index contributed by atoms with van der Waals surface area (Å²) < 4.78 is 6.65. The Balaban J connectivity index is 1.71. The predicted molar refractivity (Wildman–Crippen MR) is 158 cm³/mol. The molecule has 0 bridgehead atoms. The van der Waals surface area contributed by atoms with Crippen LogP contribution in [-0.4, -0.2) is 30.1 Å². The number of para-hydroxylation sites is 2. The number of ether oxygens (including phenoxy) is 1. The number of carbonyl (C=O) groups excluding carboxylic acids is 2. The average Bonchev–Trinajstić information content (AvgIpc) is 2.90. The van der Waals surface area contributed by atoms with Gasteiger partial charge in [0.25, 0.3) is 11.8 Å². The van der Waals surface area contributed by atoms with Crippen LogP contribution in [0.15, 0.2) is 77.3 Å². The van der Waals surface area contributed by atoms with Crippen molar-refractivity contribution in [3.05, 3.63) is 88.4 Å². The quantitative estimate of drug-likeness (QED) is 0.185. The van der Waals surface area contributed by atoms with Gasteiger partial charge in [-0.05, 0) is 68.0 Å². The molecule has 0 aliphatic heterocycles. The monoisotopic (exact) mass is 581 g/mol. The van der Waals surface area contributed by atoms with Crippen molar-refractivity contribution < 1.29 is 14.3 Å². The number of anilines is 2. The van der Waals surface area contributed by atoms with E-state index in [0.29, 0.717) is 35.7 Å². The van der Waals surface area contributed by atoms with E-state index in [1.165, 1.54) is 0 Å². The molecule has 2 N–H and O–H groups in total. The maximum Gasteiger partial charge on any atom is 0.261 e. The minimum absolute atomic E-state index is 0.0851. The lowest BCUT2D eigenvalue weighted by molar-refractivity contribution is 0.0970. The van der Waals surface area contributed by atoms with Gasteiger partial charge in [0.05, 0.1) is 23.4 Å². The van der Waals surface area contributed by atoms with Crippen LogP contribution in [0.2, 0.25) is 0 Å². The van der Waals surface area contributed by atoms with E-state index < -0.39 is 5.91 Å². The van der Waals surface area contributed by atoms with E-state index in [1.807, 2.05) is 43.3 Å². The van der Waals surface area contributed by atoms with Crippen LogP contribution in [0.4, 0.5) is 11.4 Å². The molecule has 3 rings (SSSR count). The second kappa shape index (κ2) is 14.5. The molecule has 3 aromatic carbocycles. The molecule has 0 aromatic heterocycles. The number of nitrogens with one attached hydrogen (secondary N) is 2. The Morgan fingerprint density at radius 2 is 1.65 bits per heavy atom. The molecule has 2 amide bonds. The topological polar surface area (TPSA) is 70.7 Å². The van der Waals surface area contributed by atoms with Crippen LogP contribution in [0, 0.1) is 0 Å². The van der Waals surface area contributed by atoms with E-state index in [-0.39, 0.29) is 11.0 Å². The van der Waals surface area contributed by atoms with Gasteiger partial charge in [-0.1, -0.05) is 72.4 Å². The van der Waals surface area contributed by atoms with Gasteiger partial charge in [-0.3, -0.25) is 14.9 Å². The number of unbranched alkanes of at least 4 members (excludes halogenated alkanes) is 3. The summed E-state index contributed by atoms with van der Waals surface area (Å²) in [5, 5.41) is 5.83. The molecule has 0 unspecified atom stereocenters. The van der Waals surface area contributed by atoms with Crippen LogP contribution >= 0.6 is 28.1 Å². The third kappa shape index (κ3) is 8.13. The third-order valence-electron chi connectivity index (χ3n) is 5.70. The highest BCUT2D eigenvalue weighted by Crippen LogP contribution is 2.25. The van der Waals surface area contributed by atoms with Crippen molar-refractivity contribution in [3.8, 4) is 5.75 Å². The van der Waals surface area contributed by atoms with Crippen molar-refractivity contribution >= 4 is 56.4 Å². The molecule has 0 fully saturated rings. The summed E-state index contributed by atoms with van der Waals surface area (Å²) in [6.07, 6.45) is 4.31. The van der Waals surface area contributed by atoms with Crippen LogP contribution in [0.3, 0.4) is 0 Å². The zero-order valence-corrected chi connectivity index (χ0v) is 23.5. The molecule has 194 valence electrons. The smallest absolute Gasteiger partial charge is 0.261 e. The highest BCUT2D eigenvalue weighted by atomic mass is 79.9. The Kier molecular flexibility index (Phi) is 11.1. The SMILES string of the molecule is CCCCCCOc1ccc(Br)cc1C(=O)NC(=S)Nc1ccccc1C(=O)N(CC)c1ccccc1. The molecule has 6 nitrogen and oxygen atoms in total. The number of halogens is 1. The summed E-state index contributed by atoms with van der Waals surface area (Å²) in [6, 6.07) is 21.9. The molecule has 0 aliphatic carbocycles. The summed E-state index contributed by atoms with van der Waals surface area (Å²) in [5.74, 6) is -0.0701. The fourth-order valence-corrected chi connectivity index (χ4v) is 4.38. The second-order valence-electron chi connectivity index (χ2n) is 8.39. The standard InChI is InChI=1S/C29H32BrN3O3S/c1-3-5-6-12-19-36-26-18-17-21(30)20-24(26)27(34)32-29(37)31-25-16-11-10-15-23(25)28(35)33(4-2)22-13-8-7-9-14-22/h7-11,13-18,20H,3-6,12,19H2,1-2H3,(H2,31,32,34,37). The Labute approximate surface area is 232 Å². The lowest BCUT2D eigenvalue weighted by atomic mass is 10.1. The van der Waals surface area contributed by atoms with E-state index in [4.69, 9.17) is 17.0 Å². The largest absolute Gasteiger partial charge is 0.493 e. The van der Waals surface area contributed by atoms with Gasteiger partial charge in [0.2, 0.25) is 0 Å². The number of hydrogen-bond donors (Lipinski definition) is 2. The molecule has 0 saturated carbocycles. The number of amides is 2. The number of carbonyl (C=O) groups is 2. The molecule has 0 aliphatic rings. The Hall–Kier alpha value is -3.23. The van der Waals surface area contributed by atoms with Gasteiger partial charge in [0, 0.05) is 16.7 Å². The predicted octanol–water partition coefficient (Wildman–Crippen LogP) is 7.20. The Bertz CT molecular complexity index is 1220. The molecule has 37 heavy (non-hydrogen) atoms. The third-order valence-corrected chi connectivity index (χ3v) is 6.40. The molecule has 0 saturated heterocycles. The Morgan fingerprint density at radius 3 is 2.38 bits per heavy atom. The molecule has 0 radical (unpaired) electrons. The first-order valence-corrected chi connectivity index (χ1v) is 13.6. The maximum atomic E-state index is 13.4. The number of nitrogens with zero attached hydrogens (tertiary/aromatic N) is 1. The fourth-order valence-electron chi connectivity index (χ4n) is 3.82. The van der Waals surface area contributed by atoms with Gasteiger partial charge < -0.3 is 15.0 Å². The first-order valence-electron chi connectivity index (χ1n) is 12.4. The summed E-state index contributed by atoms with van der Waals surface area (Å²) in [4.78, 5) is 28.2. The van der Waals surface area contributed by atoms with Crippen LogP contribution < -0.4 is 20.3 Å². The Morgan fingerprint density at radius 1 is 0.919 bits per heavy atom. The van der Waals surface area contributed by atoms with Gasteiger partial charge in [0.1, 0.15) is 5.75 Å². The lowest BCUT2D eigenvalue weighted by Crippen LogP contribution is -2.36. The van der Waals surface area contributed by atoms with E-state index in [9.17, 15) is 9.59 Å². The highest BCUT2D eigenvalue weighted by Gasteiger charge is 2.20. The molecular formula is C29H32BrN3O3S. The van der Waals surface area contributed by atoms with Crippen LogP contribution in [0.5, 0.6) is 5.75 Å². The second-order valence-corrected chi connectivity index (χ2v) is 9.71. The van der Waals surface area contributed by atoms with Crippen LogP contribution in [0.25, 0.3) is 0 Å². The van der Waals surface area contributed by atoms with Crippen molar-refractivity contribution in [1.29, 1.82) is 0 Å². The molecule has 8 heteroatoms. The van der Waals surface area contributed by atoms with E-state index in [1.54, 1.807) is 41.3 Å². The first kappa shape index (κ1) is 28.3. The maximum absolute atomic E-state index is 13.4. The normalized spacial score (nSPS) is 10.5. The fraction of sp³-hybridized carbons (Fsp3) is 0.276.